The lowest BCUT2D eigenvalue weighted by Crippen LogP contribution is -2.08. The fraction of sp³-hybridized carbons (Fsp3) is 0.364. The number of hydrogen-bond donors (Lipinski definition) is 0. The highest BCUT2D eigenvalue weighted by Gasteiger charge is 2.20. The van der Waals surface area contributed by atoms with Gasteiger partial charge in [-0.05, 0) is 19.1 Å². The lowest BCUT2D eigenvalue weighted by Gasteiger charge is -2.13. The zero-order valence-corrected chi connectivity index (χ0v) is 11.0. The molecule has 4 nitrogen and oxygen atoms in total. The summed E-state index contributed by atoms with van der Waals surface area (Å²) in [6.07, 6.45) is 0. The van der Waals surface area contributed by atoms with Gasteiger partial charge in [-0.3, -0.25) is 0 Å². The highest BCUT2D eigenvalue weighted by molar-refractivity contribution is 9.10. The van der Waals surface area contributed by atoms with Gasteiger partial charge in [0.05, 0.1) is 20.8 Å². The molecule has 0 saturated carbocycles. The summed E-state index contributed by atoms with van der Waals surface area (Å²) in [4.78, 5) is 11.6. The van der Waals surface area contributed by atoms with Gasteiger partial charge < -0.3 is 14.2 Å². The van der Waals surface area contributed by atoms with Crippen molar-refractivity contribution in [2.24, 2.45) is 0 Å². The Morgan fingerprint density at radius 3 is 2.44 bits per heavy atom. The van der Waals surface area contributed by atoms with Crippen LogP contribution in [0.4, 0.5) is 0 Å². The van der Waals surface area contributed by atoms with Crippen molar-refractivity contribution in [3.63, 3.8) is 0 Å². The van der Waals surface area contributed by atoms with Crippen molar-refractivity contribution in [1.29, 1.82) is 0 Å². The van der Waals surface area contributed by atoms with E-state index in [0.717, 1.165) is 4.47 Å². The van der Waals surface area contributed by atoms with E-state index >= 15 is 0 Å². The summed E-state index contributed by atoms with van der Waals surface area (Å²) in [7, 11) is 2.81. The summed E-state index contributed by atoms with van der Waals surface area (Å²) < 4.78 is 16.0. The zero-order chi connectivity index (χ0) is 12.1. The standard InChI is InChI=1S/C11H13BrO4/c1-4-16-9-6-7(12)5-8(14-2)10(9)11(13)15-3/h5-6H,4H2,1-3H3. The topological polar surface area (TPSA) is 44.8 Å². The Morgan fingerprint density at radius 1 is 1.31 bits per heavy atom. The monoisotopic (exact) mass is 288 g/mol. The van der Waals surface area contributed by atoms with Gasteiger partial charge in [0, 0.05) is 4.47 Å². The highest BCUT2D eigenvalue weighted by atomic mass is 79.9. The van der Waals surface area contributed by atoms with E-state index in [1.54, 1.807) is 12.1 Å². The lowest BCUT2D eigenvalue weighted by molar-refractivity contribution is 0.0592. The molecule has 0 bridgehead atoms. The van der Waals surface area contributed by atoms with Gasteiger partial charge in [-0.1, -0.05) is 15.9 Å². The second-order valence-corrected chi connectivity index (χ2v) is 3.82. The molecule has 0 aliphatic carbocycles. The Bertz CT molecular complexity index is 390. The van der Waals surface area contributed by atoms with Crippen LogP contribution in [0.1, 0.15) is 17.3 Å². The second kappa shape index (κ2) is 5.75. The van der Waals surface area contributed by atoms with Crippen LogP contribution < -0.4 is 9.47 Å². The van der Waals surface area contributed by atoms with Crippen molar-refractivity contribution in [3.05, 3.63) is 22.2 Å². The lowest BCUT2D eigenvalue weighted by atomic mass is 10.2. The molecule has 16 heavy (non-hydrogen) atoms. The van der Waals surface area contributed by atoms with Crippen LogP contribution in [0.3, 0.4) is 0 Å². The number of carbonyl (C=O) groups is 1. The minimum Gasteiger partial charge on any atom is -0.496 e. The molecule has 0 aromatic heterocycles. The van der Waals surface area contributed by atoms with E-state index in [9.17, 15) is 4.79 Å². The Morgan fingerprint density at radius 2 is 1.94 bits per heavy atom. The average Bonchev–Trinajstić information content (AvgIpc) is 2.27. The molecule has 0 fully saturated rings. The first-order chi connectivity index (χ1) is 7.63. The summed E-state index contributed by atoms with van der Waals surface area (Å²) in [5, 5.41) is 0. The minimum absolute atomic E-state index is 0.301. The van der Waals surface area contributed by atoms with E-state index in [-0.39, 0.29) is 0 Å². The first-order valence-electron chi connectivity index (χ1n) is 4.72. The Balaban J connectivity index is 3.32. The third kappa shape index (κ3) is 2.66. The number of esters is 1. The van der Waals surface area contributed by atoms with E-state index in [2.05, 4.69) is 15.9 Å². The molecule has 0 heterocycles. The number of methoxy groups -OCH3 is 2. The molecule has 0 radical (unpaired) electrons. The normalized spacial score (nSPS) is 9.75. The van der Waals surface area contributed by atoms with Gasteiger partial charge in [0.1, 0.15) is 17.1 Å². The molecule has 0 unspecified atom stereocenters. The third-order valence-electron chi connectivity index (χ3n) is 1.94. The van der Waals surface area contributed by atoms with Crippen LogP contribution in [0, 0.1) is 0 Å². The zero-order valence-electron chi connectivity index (χ0n) is 9.37. The van der Waals surface area contributed by atoms with Crippen molar-refractivity contribution in [2.45, 2.75) is 6.92 Å². The van der Waals surface area contributed by atoms with Crippen molar-refractivity contribution in [3.8, 4) is 11.5 Å². The number of halogens is 1. The molecule has 0 saturated heterocycles. The summed E-state index contributed by atoms with van der Waals surface area (Å²) in [5.41, 5.74) is 0.301. The van der Waals surface area contributed by atoms with E-state index in [1.807, 2.05) is 6.92 Å². The highest BCUT2D eigenvalue weighted by Crippen LogP contribution is 2.33. The third-order valence-corrected chi connectivity index (χ3v) is 2.40. The van der Waals surface area contributed by atoms with Crippen LogP contribution >= 0.6 is 15.9 Å². The van der Waals surface area contributed by atoms with E-state index < -0.39 is 5.97 Å². The first-order valence-corrected chi connectivity index (χ1v) is 5.52. The van der Waals surface area contributed by atoms with Crippen LogP contribution in [0.2, 0.25) is 0 Å². The molecule has 0 atom stereocenters. The summed E-state index contributed by atoms with van der Waals surface area (Å²) in [5.74, 6) is 0.387. The fourth-order valence-corrected chi connectivity index (χ4v) is 1.71. The fourth-order valence-electron chi connectivity index (χ4n) is 1.29. The van der Waals surface area contributed by atoms with Crippen molar-refractivity contribution < 1.29 is 19.0 Å². The molecule has 0 spiro atoms. The second-order valence-electron chi connectivity index (χ2n) is 2.91. The van der Waals surface area contributed by atoms with Crippen molar-refractivity contribution >= 4 is 21.9 Å². The average molecular weight is 289 g/mol. The van der Waals surface area contributed by atoms with Crippen LogP contribution in [0.15, 0.2) is 16.6 Å². The maximum atomic E-state index is 11.6. The number of ether oxygens (including phenoxy) is 3. The summed E-state index contributed by atoms with van der Waals surface area (Å²) in [6.45, 7) is 2.30. The number of hydrogen-bond acceptors (Lipinski definition) is 4. The Labute approximate surface area is 103 Å². The van der Waals surface area contributed by atoms with Crippen LogP contribution in [0.25, 0.3) is 0 Å². The number of carbonyl (C=O) groups excluding carboxylic acids is 1. The Kier molecular flexibility index (Phi) is 4.61. The molecular formula is C11H13BrO4. The molecule has 0 N–H and O–H groups in total. The van der Waals surface area contributed by atoms with E-state index in [1.165, 1.54) is 14.2 Å². The quantitative estimate of drug-likeness (QED) is 0.799. The molecule has 88 valence electrons. The summed E-state index contributed by atoms with van der Waals surface area (Å²) >= 11 is 3.32. The molecular weight excluding hydrogens is 276 g/mol. The maximum Gasteiger partial charge on any atom is 0.345 e. The largest absolute Gasteiger partial charge is 0.496 e. The van der Waals surface area contributed by atoms with Crippen LogP contribution in [0.5, 0.6) is 11.5 Å². The van der Waals surface area contributed by atoms with Gasteiger partial charge in [-0.15, -0.1) is 0 Å². The molecule has 5 heteroatoms. The van der Waals surface area contributed by atoms with Gasteiger partial charge in [0.15, 0.2) is 0 Å². The predicted molar refractivity (Wildman–Crippen MR) is 63.2 cm³/mol. The van der Waals surface area contributed by atoms with Crippen LogP contribution in [-0.4, -0.2) is 26.8 Å². The van der Waals surface area contributed by atoms with Gasteiger partial charge in [0.2, 0.25) is 0 Å². The number of benzene rings is 1. The van der Waals surface area contributed by atoms with Crippen molar-refractivity contribution in [1.82, 2.24) is 0 Å². The Hall–Kier alpha value is -1.23. The molecule has 0 aliphatic rings. The predicted octanol–water partition coefficient (Wildman–Crippen LogP) is 2.64. The number of rotatable bonds is 4. The SMILES string of the molecule is CCOc1cc(Br)cc(OC)c1C(=O)OC. The minimum atomic E-state index is -0.479. The molecule has 1 aromatic carbocycles. The smallest absolute Gasteiger partial charge is 0.345 e. The van der Waals surface area contributed by atoms with Gasteiger partial charge in [0.25, 0.3) is 0 Å². The molecule has 1 rings (SSSR count). The van der Waals surface area contributed by atoms with Gasteiger partial charge in [-0.2, -0.15) is 0 Å². The van der Waals surface area contributed by atoms with Gasteiger partial charge in [-0.25, -0.2) is 4.79 Å². The van der Waals surface area contributed by atoms with Gasteiger partial charge >= 0.3 is 5.97 Å². The first kappa shape index (κ1) is 12.8. The summed E-state index contributed by atoms with van der Waals surface area (Å²) in [6, 6.07) is 3.40. The maximum absolute atomic E-state index is 11.6. The molecule has 0 amide bonds. The van der Waals surface area contributed by atoms with Crippen LogP contribution in [-0.2, 0) is 4.74 Å². The molecule has 1 aromatic rings. The van der Waals surface area contributed by atoms with E-state index in [4.69, 9.17) is 14.2 Å². The van der Waals surface area contributed by atoms with E-state index in [0.29, 0.717) is 23.7 Å². The van der Waals surface area contributed by atoms with Crippen molar-refractivity contribution in [2.75, 3.05) is 20.8 Å². The molecule has 0 aliphatic heterocycles.